The minimum Gasteiger partial charge on any atom is -0.393 e. The third-order valence-electron chi connectivity index (χ3n) is 4.13. The van der Waals surface area contributed by atoms with Crippen molar-refractivity contribution in [1.29, 1.82) is 0 Å². The van der Waals surface area contributed by atoms with Crippen LogP contribution in [0.4, 0.5) is 0 Å². The lowest BCUT2D eigenvalue weighted by Crippen LogP contribution is -2.37. The Morgan fingerprint density at radius 1 is 1.20 bits per heavy atom. The molecule has 1 N–H and O–H groups in total. The van der Waals surface area contributed by atoms with E-state index in [4.69, 9.17) is 0 Å². The quantitative estimate of drug-likeness (QED) is 0.844. The number of hydrogen-bond donors (Lipinski definition) is 1. The molecule has 4 nitrogen and oxygen atoms in total. The minimum absolute atomic E-state index is 0.211. The van der Waals surface area contributed by atoms with Crippen molar-refractivity contribution < 1.29 is 14.7 Å². The van der Waals surface area contributed by atoms with E-state index in [0.29, 0.717) is 24.1 Å². The van der Waals surface area contributed by atoms with Gasteiger partial charge in [-0.05, 0) is 43.4 Å². The largest absolute Gasteiger partial charge is 0.393 e. The molecule has 0 bridgehead atoms. The number of benzene rings is 1. The van der Waals surface area contributed by atoms with Crippen molar-refractivity contribution in [2.24, 2.45) is 5.92 Å². The molecule has 0 radical (unpaired) electrons. The van der Waals surface area contributed by atoms with Gasteiger partial charge in [-0.3, -0.25) is 14.5 Å². The van der Waals surface area contributed by atoms with Crippen molar-refractivity contribution in [3.05, 3.63) is 33.8 Å². The molecule has 3 rings (SSSR count). The Bertz CT molecular complexity index is 572. The summed E-state index contributed by atoms with van der Waals surface area (Å²) in [6.07, 6.45) is 3.13. The van der Waals surface area contributed by atoms with E-state index in [1.807, 2.05) is 0 Å². The van der Waals surface area contributed by atoms with E-state index < -0.39 is 0 Å². The molecule has 1 saturated carbocycles. The van der Waals surface area contributed by atoms with Crippen molar-refractivity contribution in [2.75, 3.05) is 6.54 Å². The van der Waals surface area contributed by atoms with Crippen LogP contribution in [0, 0.1) is 5.92 Å². The molecule has 0 aromatic heterocycles. The van der Waals surface area contributed by atoms with Gasteiger partial charge in [0, 0.05) is 11.0 Å². The summed E-state index contributed by atoms with van der Waals surface area (Å²) in [7, 11) is 0. The van der Waals surface area contributed by atoms with Gasteiger partial charge in [-0.15, -0.1) is 0 Å². The second-order valence-electron chi connectivity index (χ2n) is 5.60. The van der Waals surface area contributed by atoms with Gasteiger partial charge in [0.1, 0.15) is 0 Å². The summed E-state index contributed by atoms with van der Waals surface area (Å²) >= 11 is 3.32. The number of carbonyl (C=O) groups excluding carboxylic acids is 2. The highest BCUT2D eigenvalue weighted by atomic mass is 79.9. The third-order valence-corrected chi connectivity index (χ3v) is 4.62. The average Bonchev–Trinajstić information content (AvgIpc) is 2.64. The minimum atomic E-state index is -0.293. The molecule has 0 saturated heterocycles. The lowest BCUT2D eigenvalue weighted by atomic mass is 9.87. The Balaban J connectivity index is 1.79. The number of aliphatic hydroxyl groups excluding tert-OH is 1. The average molecular weight is 338 g/mol. The van der Waals surface area contributed by atoms with Gasteiger partial charge in [0.15, 0.2) is 0 Å². The summed E-state index contributed by atoms with van der Waals surface area (Å²) in [6, 6.07) is 5.17. The molecule has 1 aromatic rings. The lowest BCUT2D eigenvalue weighted by Gasteiger charge is -2.28. The predicted molar refractivity (Wildman–Crippen MR) is 77.5 cm³/mol. The first-order valence-corrected chi connectivity index (χ1v) is 7.69. The van der Waals surface area contributed by atoms with E-state index in [-0.39, 0.29) is 23.8 Å². The van der Waals surface area contributed by atoms with Gasteiger partial charge >= 0.3 is 0 Å². The first-order chi connectivity index (χ1) is 9.56. The van der Waals surface area contributed by atoms with Gasteiger partial charge in [-0.1, -0.05) is 22.4 Å². The number of fused-ring (bicyclic) bond motifs is 1. The maximum absolute atomic E-state index is 12.3. The number of halogens is 1. The molecule has 2 aliphatic rings. The van der Waals surface area contributed by atoms with E-state index in [0.717, 1.165) is 23.7 Å². The molecular weight excluding hydrogens is 322 g/mol. The molecule has 1 aliphatic heterocycles. The molecule has 1 heterocycles. The van der Waals surface area contributed by atoms with Crippen LogP contribution in [-0.4, -0.2) is 34.5 Å². The SMILES string of the molecule is O=C1c2ccc(Br)cc2C(=O)N1CC1CCCC(O)C1. The molecular formula is C15H16BrNO3. The molecule has 106 valence electrons. The second kappa shape index (κ2) is 5.30. The Morgan fingerprint density at radius 2 is 1.95 bits per heavy atom. The van der Waals surface area contributed by atoms with Crippen LogP contribution in [0.1, 0.15) is 46.4 Å². The van der Waals surface area contributed by atoms with E-state index in [2.05, 4.69) is 15.9 Å². The van der Waals surface area contributed by atoms with Crippen LogP contribution < -0.4 is 0 Å². The maximum Gasteiger partial charge on any atom is 0.261 e. The van der Waals surface area contributed by atoms with E-state index in [1.165, 1.54) is 4.90 Å². The first kappa shape index (κ1) is 13.8. The number of hydrogen-bond acceptors (Lipinski definition) is 3. The van der Waals surface area contributed by atoms with Gasteiger partial charge in [0.2, 0.25) is 0 Å². The fourth-order valence-electron chi connectivity index (χ4n) is 3.12. The first-order valence-electron chi connectivity index (χ1n) is 6.90. The Kier molecular flexibility index (Phi) is 3.65. The van der Waals surface area contributed by atoms with Crippen LogP contribution in [0.25, 0.3) is 0 Å². The van der Waals surface area contributed by atoms with Crippen molar-refractivity contribution in [1.82, 2.24) is 4.90 Å². The van der Waals surface area contributed by atoms with Crippen LogP contribution in [-0.2, 0) is 0 Å². The van der Waals surface area contributed by atoms with Crippen molar-refractivity contribution in [3.8, 4) is 0 Å². The van der Waals surface area contributed by atoms with Crippen molar-refractivity contribution >= 4 is 27.7 Å². The maximum atomic E-state index is 12.3. The van der Waals surface area contributed by atoms with Gasteiger partial charge in [-0.2, -0.15) is 0 Å². The van der Waals surface area contributed by atoms with Crippen molar-refractivity contribution in [2.45, 2.75) is 31.8 Å². The van der Waals surface area contributed by atoms with E-state index in [1.54, 1.807) is 18.2 Å². The summed E-state index contributed by atoms with van der Waals surface area (Å²) in [5.41, 5.74) is 0.954. The summed E-state index contributed by atoms with van der Waals surface area (Å²) < 4.78 is 0.798. The van der Waals surface area contributed by atoms with E-state index >= 15 is 0 Å². The molecule has 20 heavy (non-hydrogen) atoms. The molecule has 1 fully saturated rings. The summed E-state index contributed by atoms with van der Waals surface area (Å²) in [6.45, 7) is 0.418. The second-order valence-corrected chi connectivity index (χ2v) is 6.51. The number of rotatable bonds is 2. The Hall–Kier alpha value is -1.20. The fourth-order valence-corrected chi connectivity index (χ4v) is 3.48. The zero-order chi connectivity index (χ0) is 14.3. The van der Waals surface area contributed by atoms with E-state index in [9.17, 15) is 14.7 Å². The topological polar surface area (TPSA) is 57.6 Å². The number of nitrogens with zero attached hydrogens (tertiary/aromatic N) is 1. The number of aliphatic hydroxyl groups is 1. The summed E-state index contributed by atoms with van der Waals surface area (Å²) in [5, 5.41) is 9.70. The standard InChI is InChI=1S/C15H16BrNO3/c16-10-4-5-12-13(7-10)15(20)17(14(12)19)8-9-2-1-3-11(18)6-9/h4-5,7,9,11,18H,1-3,6,8H2. The Labute approximate surface area is 125 Å². The molecule has 1 aromatic carbocycles. The van der Waals surface area contributed by atoms with Crippen LogP contribution in [0.5, 0.6) is 0 Å². The molecule has 1 aliphatic carbocycles. The molecule has 2 unspecified atom stereocenters. The van der Waals surface area contributed by atoms with Crippen LogP contribution in [0.15, 0.2) is 22.7 Å². The van der Waals surface area contributed by atoms with Gasteiger partial charge in [-0.25, -0.2) is 0 Å². The fraction of sp³-hybridized carbons (Fsp3) is 0.467. The highest BCUT2D eigenvalue weighted by Gasteiger charge is 2.37. The molecule has 5 heteroatoms. The smallest absolute Gasteiger partial charge is 0.261 e. The normalized spacial score (nSPS) is 26.0. The summed E-state index contributed by atoms with van der Waals surface area (Å²) in [4.78, 5) is 26.0. The molecule has 2 amide bonds. The number of amides is 2. The molecule has 2 atom stereocenters. The van der Waals surface area contributed by atoms with Crippen LogP contribution in [0.3, 0.4) is 0 Å². The summed E-state index contributed by atoms with van der Waals surface area (Å²) in [5.74, 6) is -0.215. The Morgan fingerprint density at radius 3 is 2.70 bits per heavy atom. The van der Waals surface area contributed by atoms with Crippen molar-refractivity contribution in [3.63, 3.8) is 0 Å². The van der Waals surface area contributed by atoms with Gasteiger partial charge in [0.05, 0.1) is 17.2 Å². The highest BCUT2D eigenvalue weighted by molar-refractivity contribution is 9.10. The van der Waals surface area contributed by atoms with Gasteiger partial charge < -0.3 is 5.11 Å². The number of carbonyl (C=O) groups is 2. The lowest BCUT2D eigenvalue weighted by molar-refractivity contribution is 0.0541. The third kappa shape index (κ3) is 2.40. The zero-order valence-electron chi connectivity index (χ0n) is 11.0. The monoisotopic (exact) mass is 337 g/mol. The predicted octanol–water partition coefficient (Wildman–Crippen LogP) is 2.60. The van der Waals surface area contributed by atoms with Gasteiger partial charge in [0.25, 0.3) is 11.8 Å². The number of imide groups is 1. The zero-order valence-corrected chi connectivity index (χ0v) is 12.6. The highest BCUT2D eigenvalue weighted by Crippen LogP contribution is 2.30. The molecule has 0 spiro atoms. The van der Waals surface area contributed by atoms with Crippen LogP contribution in [0.2, 0.25) is 0 Å². The van der Waals surface area contributed by atoms with Crippen LogP contribution >= 0.6 is 15.9 Å².